The monoisotopic (exact) mass is 328 g/mol. The molecule has 3 aliphatic rings. The normalized spacial score (nSPS) is 32.6. The van der Waals surface area contributed by atoms with Crippen molar-refractivity contribution in [1.82, 2.24) is 5.32 Å². The highest BCUT2D eigenvalue weighted by Gasteiger charge is 2.70. The predicted octanol–water partition coefficient (Wildman–Crippen LogP) is 3.36. The Kier molecular flexibility index (Phi) is 4.10. The number of hydrogen-bond donors (Lipinski definition) is 1. The number of rotatable bonds is 3. The van der Waals surface area contributed by atoms with Crippen molar-refractivity contribution in [1.29, 1.82) is 0 Å². The fourth-order valence-electron chi connectivity index (χ4n) is 3.18. The van der Waals surface area contributed by atoms with Crippen LogP contribution in [0.3, 0.4) is 0 Å². The van der Waals surface area contributed by atoms with Crippen LogP contribution < -0.4 is 5.32 Å². The summed E-state index contributed by atoms with van der Waals surface area (Å²) in [7, 11) is 0. The van der Waals surface area contributed by atoms with Gasteiger partial charge in [-0.2, -0.15) is 0 Å². The zero-order valence-corrected chi connectivity index (χ0v) is 15.5. The highest BCUT2D eigenvalue weighted by Crippen LogP contribution is 2.68. The molecule has 2 bridgehead atoms. The average molecular weight is 328 g/mol. The van der Waals surface area contributed by atoms with Crippen molar-refractivity contribution in [3.8, 4) is 0 Å². The minimum absolute atomic E-state index is 0.0376. The molecule has 1 unspecified atom stereocenters. The third-order valence-electron chi connectivity index (χ3n) is 4.31. The zero-order chi connectivity index (χ0) is 17.0. The number of amides is 1. The number of nitrogens with one attached hydrogen (secondary N) is 1. The SMILES string of the molecule is CC(=N[S+]([O-])C(C)(C)C)C12CC(NC(=O)OC(C)(C)C)(C1)C2. The van der Waals surface area contributed by atoms with Crippen molar-refractivity contribution in [3.05, 3.63) is 0 Å². The van der Waals surface area contributed by atoms with Crippen LogP contribution in [0.4, 0.5) is 4.79 Å². The van der Waals surface area contributed by atoms with E-state index in [4.69, 9.17) is 4.74 Å². The van der Waals surface area contributed by atoms with Gasteiger partial charge in [-0.1, -0.05) is 4.40 Å². The maximum absolute atomic E-state index is 12.1. The van der Waals surface area contributed by atoms with Crippen molar-refractivity contribution >= 4 is 23.2 Å². The number of ether oxygens (including phenoxy) is 1. The summed E-state index contributed by atoms with van der Waals surface area (Å²) >= 11 is -1.22. The van der Waals surface area contributed by atoms with E-state index < -0.39 is 17.0 Å². The summed E-state index contributed by atoms with van der Waals surface area (Å²) in [6.45, 7) is 13.3. The van der Waals surface area contributed by atoms with Gasteiger partial charge in [0.25, 0.3) is 0 Å². The molecule has 0 aromatic rings. The topological polar surface area (TPSA) is 73.8 Å². The lowest BCUT2D eigenvalue weighted by Gasteiger charge is -2.69. The number of carbonyl (C=O) groups is 1. The number of hydrogen-bond acceptors (Lipinski definition) is 4. The summed E-state index contributed by atoms with van der Waals surface area (Å²) in [5.41, 5.74) is 0.374. The fourth-order valence-corrected chi connectivity index (χ4v) is 3.90. The Morgan fingerprint density at radius 2 is 1.68 bits per heavy atom. The first-order valence-corrected chi connectivity index (χ1v) is 8.87. The Morgan fingerprint density at radius 1 is 1.18 bits per heavy atom. The van der Waals surface area contributed by atoms with Crippen molar-refractivity contribution in [3.63, 3.8) is 0 Å². The standard InChI is InChI=1S/C16H28N2O3S/c1-11(18-22(20)14(5,6)7)15-8-16(9-15,10-15)17-12(19)21-13(2,3)4/h8-10H2,1-7H3,(H,17,19). The van der Waals surface area contributed by atoms with Crippen LogP contribution >= 0.6 is 0 Å². The third kappa shape index (κ3) is 3.43. The first kappa shape index (κ1) is 17.6. The van der Waals surface area contributed by atoms with Crippen LogP contribution in [0.2, 0.25) is 0 Å². The second kappa shape index (κ2) is 5.13. The van der Waals surface area contributed by atoms with Crippen molar-refractivity contribution in [2.45, 2.75) is 83.6 Å². The minimum atomic E-state index is -1.22. The van der Waals surface area contributed by atoms with Gasteiger partial charge in [-0.05, 0) is 67.7 Å². The van der Waals surface area contributed by atoms with Gasteiger partial charge in [0.2, 0.25) is 0 Å². The van der Waals surface area contributed by atoms with Gasteiger partial charge in [0, 0.05) is 11.0 Å². The Bertz CT molecular complexity index is 483. The van der Waals surface area contributed by atoms with Gasteiger partial charge >= 0.3 is 6.09 Å². The Balaban J connectivity index is 1.89. The van der Waals surface area contributed by atoms with E-state index in [0.29, 0.717) is 0 Å². The summed E-state index contributed by atoms with van der Waals surface area (Å²) in [6, 6.07) is 0. The summed E-state index contributed by atoms with van der Waals surface area (Å²) in [4.78, 5) is 11.9. The average Bonchev–Trinajstić information content (AvgIpc) is 2.16. The predicted molar refractivity (Wildman–Crippen MR) is 89.4 cm³/mol. The van der Waals surface area contributed by atoms with E-state index in [-0.39, 0.29) is 21.8 Å². The molecule has 5 nitrogen and oxygen atoms in total. The van der Waals surface area contributed by atoms with Crippen molar-refractivity contribution < 1.29 is 14.1 Å². The quantitative estimate of drug-likeness (QED) is 0.637. The summed E-state index contributed by atoms with van der Waals surface area (Å²) in [5.74, 6) is 0. The molecule has 1 atom stereocenters. The minimum Gasteiger partial charge on any atom is -0.591 e. The Morgan fingerprint density at radius 3 is 2.09 bits per heavy atom. The molecular weight excluding hydrogens is 300 g/mol. The van der Waals surface area contributed by atoms with Crippen molar-refractivity contribution in [2.24, 2.45) is 9.81 Å². The molecule has 3 fully saturated rings. The highest BCUT2D eigenvalue weighted by molar-refractivity contribution is 7.91. The lowest BCUT2D eigenvalue weighted by molar-refractivity contribution is -0.0996. The lowest BCUT2D eigenvalue weighted by atomic mass is 9.38. The molecule has 3 rings (SSSR count). The van der Waals surface area contributed by atoms with Crippen LogP contribution in [-0.4, -0.2) is 32.2 Å². The molecule has 0 spiro atoms. The van der Waals surface area contributed by atoms with Crippen LogP contribution in [0.25, 0.3) is 0 Å². The molecule has 3 aliphatic carbocycles. The van der Waals surface area contributed by atoms with E-state index in [1.165, 1.54) is 0 Å². The molecule has 1 N–H and O–H groups in total. The van der Waals surface area contributed by atoms with Gasteiger partial charge in [-0.15, -0.1) is 0 Å². The molecule has 0 heterocycles. The lowest BCUT2D eigenvalue weighted by Crippen LogP contribution is -2.77. The molecular formula is C16H28N2O3S. The van der Waals surface area contributed by atoms with E-state index in [2.05, 4.69) is 9.71 Å². The maximum atomic E-state index is 12.1. The fraction of sp³-hybridized carbons (Fsp3) is 0.875. The second-order valence-electron chi connectivity index (χ2n) is 8.76. The smallest absolute Gasteiger partial charge is 0.408 e. The Labute approximate surface area is 136 Å². The van der Waals surface area contributed by atoms with Crippen LogP contribution in [0.15, 0.2) is 4.40 Å². The largest absolute Gasteiger partial charge is 0.591 e. The van der Waals surface area contributed by atoms with E-state index in [0.717, 1.165) is 25.0 Å². The zero-order valence-electron chi connectivity index (χ0n) is 14.7. The van der Waals surface area contributed by atoms with E-state index in [1.54, 1.807) is 0 Å². The summed E-state index contributed by atoms with van der Waals surface area (Å²) in [5, 5.41) is 2.99. The maximum Gasteiger partial charge on any atom is 0.408 e. The van der Waals surface area contributed by atoms with Crippen LogP contribution in [-0.2, 0) is 16.1 Å². The van der Waals surface area contributed by atoms with E-state index in [9.17, 15) is 9.35 Å². The van der Waals surface area contributed by atoms with Gasteiger partial charge in [-0.3, -0.25) is 0 Å². The summed E-state index contributed by atoms with van der Waals surface area (Å²) in [6.07, 6.45) is 2.26. The van der Waals surface area contributed by atoms with Gasteiger partial charge in [0.15, 0.2) is 0 Å². The van der Waals surface area contributed by atoms with Crippen molar-refractivity contribution in [2.75, 3.05) is 0 Å². The number of nitrogens with zero attached hydrogens (tertiary/aromatic N) is 1. The van der Waals surface area contributed by atoms with Gasteiger partial charge in [0.05, 0.1) is 5.71 Å². The highest BCUT2D eigenvalue weighted by atomic mass is 32.2. The first-order valence-electron chi connectivity index (χ1n) is 7.76. The van der Waals surface area contributed by atoms with Gasteiger partial charge in [-0.25, -0.2) is 4.79 Å². The molecule has 0 aliphatic heterocycles. The molecule has 0 radical (unpaired) electrons. The molecule has 0 aromatic carbocycles. The molecule has 6 heteroatoms. The molecule has 22 heavy (non-hydrogen) atoms. The Hall–Kier alpha value is -0.750. The molecule has 0 aromatic heterocycles. The first-order chi connectivity index (χ1) is 9.77. The molecule has 3 saturated carbocycles. The second-order valence-corrected chi connectivity index (χ2v) is 10.7. The number of alkyl carbamates (subject to hydrolysis) is 1. The molecule has 0 saturated heterocycles. The van der Waals surface area contributed by atoms with Crippen LogP contribution in [0.5, 0.6) is 0 Å². The summed E-state index contributed by atoms with van der Waals surface area (Å²) < 4.78 is 21.5. The van der Waals surface area contributed by atoms with E-state index in [1.807, 2.05) is 48.5 Å². The third-order valence-corrected chi connectivity index (χ3v) is 5.80. The van der Waals surface area contributed by atoms with Gasteiger partial charge in [0.1, 0.15) is 21.7 Å². The number of carbonyl (C=O) groups excluding carboxylic acids is 1. The molecule has 126 valence electrons. The molecule has 1 amide bonds. The van der Waals surface area contributed by atoms with E-state index >= 15 is 0 Å². The van der Waals surface area contributed by atoms with Gasteiger partial charge < -0.3 is 14.6 Å². The van der Waals surface area contributed by atoms with Crippen LogP contribution in [0.1, 0.15) is 67.7 Å². The van der Waals surface area contributed by atoms with Crippen LogP contribution in [0, 0.1) is 5.41 Å².